The van der Waals surface area contributed by atoms with E-state index < -0.39 is 21.7 Å². The van der Waals surface area contributed by atoms with Gasteiger partial charge in [0.05, 0.1) is 10.6 Å². The third-order valence-corrected chi connectivity index (χ3v) is 5.83. The van der Waals surface area contributed by atoms with Crippen LogP contribution < -0.4 is 10.0 Å². The number of carbonyl (C=O) groups excluding carboxylic acids is 1. The predicted molar refractivity (Wildman–Crippen MR) is 111 cm³/mol. The van der Waals surface area contributed by atoms with E-state index in [1.54, 1.807) is 24.3 Å². The summed E-state index contributed by atoms with van der Waals surface area (Å²) in [5, 5.41) is 2.59. The van der Waals surface area contributed by atoms with Gasteiger partial charge >= 0.3 is 0 Å². The van der Waals surface area contributed by atoms with Gasteiger partial charge in [0.2, 0.25) is 0 Å². The van der Waals surface area contributed by atoms with Gasteiger partial charge in [-0.3, -0.25) is 9.52 Å². The van der Waals surface area contributed by atoms with Crippen LogP contribution in [0.15, 0.2) is 76.1 Å². The minimum absolute atomic E-state index is 0.0596. The van der Waals surface area contributed by atoms with E-state index in [0.717, 1.165) is 10.5 Å². The summed E-state index contributed by atoms with van der Waals surface area (Å²) < 4.78 is 42.3. The topological polar surface area (TPSA) is 75.3 Å². The Hall–Kier alpha value is -2.42. The van der Waals surface area contributed by atoms with Crippen LogP contribution in [-0.4, -0.2) is 14.3 Å². The first-order valence-corrected chi connectivity index (χ1v) is 10.5. The van der Waals surface area contributed by atoms with Crippen LogP contribution in [0.4, 0.5) is 15.8 Å². The van der Waals surface area contributed by atoms with Gasteiger partial charge in [-0.15, -0.1) is 0 Å². The average molecular weight is 484 g/mol. The van der Waals surface area contributed by atoms with Crippen molar-refractivity contribution in [1.82, 2.24) is 0 Å². The molecule has 0 heterocycles. The molecule has 2 N–H and O–H groups in total. The number of benzene rings is 3. The fraction of sp³-hybridized carbons (Fsp3) is 0. The van der Waals surface area contributed by atoms with E-state index in [0.29, 0.717) is 5.69 Å². The Morgan fingerprint density at radius 3 is 2.39 bits per heavy atom. The lowest BCUT2D eigenvalue weighted by molar-refractivity contribution is 0.102. The largest absolute Gasteiger partial charge is 0.319 e. The summed E-state index contributed by atoms with van der Waals surface area (Å²) in [6.45, 7) is 0. The van der Waals surface area contributed by atoms with Crippen LogP contribution in [0, 0.1) is 5.82 Å². The molecule has 0 aliphatic heterocycles. The van der Waals surface area contributed by atoms with Crippen molar-refractivity contribution in [3.63, 3.8) is 0 Å². The molecule has 5 nitrogen and oxygen atoms in total. The van der Waals surface area contributed by atoms with E-state index in [2.05, 4.69) is 26.0 Å². The second kappa shape index (κ2) is 8.30. The molecule has 3 aromatic carbocycles. The Morgan fingerprint density at radius 1 is 1.00 bits per heavy atom. The molecule has 9 heteroatoms. The molecule has 0 saturated carbocycles. The first-order valence-electron chi connectivity index (χ1n) is 7.89. The maximum absolute atomic E-state index is 13.9. The van der Waals surface area contributed by atoms with Crippen LogP contribution >= 0.6 is 27.5 Å². The number of amides is 1. The molecule has 3 rings (SSSR count). The average Bonchev–Trinajstić information content (AvgIpc) is 2.66. The molecule has 0 fully saturated rings. The van der Waals surface area contributed by atoms with Gasteiger partial charge in [-0.25, -0.2) is 12.8 Å². The molecule has 0 aliphatic carbocycles. The van der Waals surface area contributed by atoms with Gasteiger partial charge in [-0.05, 0) is 60.7 Å². The number of anilines is 2. The van der Waals surface area contributed by atoms with E-state index in [-0.39, 0.29) is 21.2 Å². The monoisotopic (exact) mass is 482 g/mol. The van der Waals surface area contributed by atoms with Crippen molar-refractivity contribution in [3.8, 4) is 0 Å². The van der Waals surface area contributed by atoms with Crippen molar-refractivity contribution in [2.24, 2.45) is 0 Å². The second-order valence-electron chi connectivity index (χ2n) is 5.72. The van der Waals surface area contributed by atoms with Gasteiger partial charge in [0.1, 0.15) is 5.82 Å². The van der Waals surface area contributed by atoms with Crippen molar-refractivity contribution >= 4 is 54.8 Å². The molecule has 28 heavy (non-hydrogen) atoms. The molecular formula is C19H13BrClFN2O3S. The summed E-state index contributed by atoms with van der Waals surface area (Å²) in [5.74, 6) is -1.34. The number of sulfonamides is 1. The molecular weight excluding hydrogens is 471 g/mol. The third-order valence-electron chi connectivity index (χ3n) is 3.68. The van der Waals surface area contributed by atoms with Crippen molar-refractivity contribution in [3.05, 3.63) is 87.6 Å². The van der Waals surface area contributed by atoms with Crippen LogP contribution in [0.1, 0.15) is 10.4 Å². The highest BCUT2D eigenvalue weighted by atomic mass is 79.9. The summed E-state index contributed by atoms with van der Waals surface area (Å²) in [4.78, 5) is 12.3. The maximum Gasteiger partial charge on any atom is 0.261 e. The molecule has 0 aromatic heterocycles. The molecule has 0 spiro atoms. The fourth-order valence-electron chi connectivity index (χ4n) is 2.32. The standard InChI is InChI=1S/C19H13BrClFN2O3S/c20-13-4-7-15(8-5-13)24-28(26,27)16-3-1-2-12(10-16)19(25)23-18-9-6-14(21)11-17(18)22/h1-11,24H,(H,23,25). The number of hydrogen-bond donors (Lipinski definition) is 2. The van der Waals surface area contributed by atoms with Crippen LogP contribution in [0.25, 0.3) is 0 Å². The van der Waals surface area contributed by atoms with Gasteiger partial charge in [0.15, 0.2) is 0 Å². The molecule has 0 unspecified atom stereocenters. The fourth-order valence-corrected chi connectivity index (χ4v) is 3.85. The molecule has 3 aromatic rings. The summed E-state index contributed by atoms with van der Waals surface area (Å²) in [7, 11) is -3.91. The van der Waals surface area contributed by atoms with Crippen LogP contribution in [-0.2, 0) is 10.0 Å². The lowest BCUT2D eigenvalue weighted by Gasteiger charge is -2.10. The quantitative estimate of drug-likeness (QED) is 0.517. The first kappa shape index (κ1) is 20.3. The minimum atomic E-state index is -3.91. The zero-order chi connectivity index (χ0) is 20.3. The van der Waals surface area contributed by atoms with Crippen molar-refractivity contribution in [1.29, 1.82) is 0 Å². The molecule has 0 aliphatic rings. The predicted octanol–water partition coefficient (Wildman–Crippen LogP) is 5.29. The summed E-state index contributed by atoms with van der Waals surface area (Å²) in [6.07, 6.45) is 0. The number of halogens is 3. The third kappa shape index (κ3) is 4.89. The van der Waals surface area contributed by atoms with Crippen molar-refractivity contribution in [2.75, 3.05) is 10.0 Å². The van der Waals surface area contributed by atoms with E-state index in [1.165, 1.54) is 36.4 Å². The van der Waals surface area contributed by atoms with E-state index >= 15 is 0 Å². The van der Waals surface area contributed by atoms with Crippen molar-refractivity contribution in [2.45, 2.75) is 4.90 Å². The maximum atomic E-state index is 13.9. The van der Waals surface area contributed by atoms with Gasteiger partial charge < -0.3 is 5.32 Å². The Morgan fingerprint density at radius 2 is 1.71 bits per heavy atom. The highest BCUT2D eigenvalue weighted by Gasteiger charge is 2.17. The Bertz CT molecular complexity index is 1140. The Kier molecular flexibility index (Phi) is 6.02. The number of nitrogens with one attached hydrogen (secondary N) is 2. The van der Waals surface area contributed by atoms with Gasteiger partial charge in [-0.1, -0.05) is 33.6 Å². The molecule has 0 radical (unpaired) electrons. The lowest BCUT2D eigenvalue weighted by atomic mass is 10.2. The second-order valence-corrected chi connectivity index (χ2v) is 8.75. The smallest absolute Gasteiger partial charge is 0.261 e. The summed E-state index contributed by atoms with van der Waals surface area (Å²) >= 11 is 8.96. The van der Waals surface area contributed by atoms with Crippen LogP contribution in [0.3, 0.4) is 0 Å². The summed E-state index contributed by atoms with van der Waals surface area (Å²) in [6, 6.07) is 15.9. The summed E-state index contributed by atoms with van der Waals surface area (Å²) in [5.41, 5.74) is 0.380. The normalized spacial score (nSPS) is 11.1. The Labute approximate surface area is 174 Å². The van der Waals surface area contributed by atoms with Gasteiger partial charge in [0.25, 0.3) is 15.9 Å². The highest BCUT2D eigenvalue weighted by molar-refractivity contribution is 9.10. The number of rotatable bonds is 5. The molecule has 0 saturated heterocycles. The first-order chi connectivity index (χ1) is 13.2. The van der Waals surface area contributed by atoms with Crippen LogP contribution in [0.2, 0.25) is 5.02 Å². The van der Waals surface area contributed by atoms with E-state index in [1.807, 2.05) is 0 Å². The molecule has 144 valence electrons. The van der Waals surface area contributed by atoms with Gasteiger partial charge in [0, 0.05) is 20.7 Å². The zero-order valence-electron chi connectivity index (χ0n) is 14.1. The van der Waals surface area contributed by atoms with Crippen LogP contribution in [0.5, 0.6) is 0 Å². The van der Waals surface area contributed by atoms with Crippen molar-refractivity contribution < 1.29 is 17.6 Å². The highest BCUT2D eigenvalue weighted by Crippen LogP contribution is 2.22. The molecule has 0 bridgehead atoms. The SMILES string of the molecule is O=C(Nc1ccc(Cl)cc1F)c1cccc(S(=O)(=O)Nc2ccc(Br)cc2)c1. The lowest BCUT2D eigenvalue weighted by Crippen LogP contribution is -2.16. The van der Waals surface area contributed by atoms with E-state index in [4.69, 9.17) is 11.6 Å². The zero-order valence-corrected chi connectivity index (χ0v) is 17.3. The minimum Gasteiger partial charge on any atom is -0.319 e. The number of carbonyl (C=O) groups is 1. The molecule has 1 amide bonds. The number of hydrogen-bond acceptors (Lipinski definition) is 3. The van der Waals surface area contributed by atoms with Gasteiger partial charge in [-0.2, -0.15) is 0 Å². The Balaban J connectivity index is 1.82. The van der Waals surface area contributed by atoms with E-state index in [9.17, 15) is 17.6 Å². The molecule has 0 atom stereocenters.